The third-order valence-electron chi connectivity index (χ3n) is 5.31. The van der Waals surface area contributed by atoms with Crippen molar-refractivity contribution >= 4 is 17.5 Å². The van der Waals surface area contributed by atoms with E-state index in [2.05, 4.69) is 19.7 Å². The molecule has 1 amide bonds. The molecule has 4 rings (SSSR count). The zero-order chi connectivity index (χ0) is 20.9. The third-order valence-corrected chi connectivity index (χ3v) is 5.31. The van der Waals surface area contributed by atoms with Gasteiger partial charge in [0.15, 0.2) is 6.10 Å². The number of amides is 1. The SMILES string of the molecule is [N-]=[N+]=NCC1CCN(c2ccc(N3C[C@H](COc4ccon4)OC3=O)cc2F)CC1. The van der Waals surface area contributed by atoms with Gasteiger partial charge in [-0.2, -0.15) is 0 Å². The number of carbonyl (C=O) groups excluding carboxylic acids is 1. The molecule has 1 atom stereocenters. The van der Waals surface area contributed by atoms with E-state index in [0.717, 1.165) is 12.8 Å². The van der Waals surface area contributed by atoms with E-state index in [9.17, 15) is 9.18 Å². The van der Waals surface area contributed by atoms with Gasteiger partial charge in [0.25, 0.3) is 5.88 Å². The normalized spacial score (nSPS) is 19.5. The van der Waals surface area contributed by atoms with Gasteiger partial charge < -0.3 is 18.9 Å². The number of carbonyl (C=O) groups is 1. The first kappa shape index (κ1) is 19.8. The van der Waals surface area contributed by atoms with Crippen LogP contribution in [0.1, 0.15) is 12.8 Å². The van der Waals surface area contributed by atoms with Crippen LogP contribution in [0.4, 0.5) is 20.6 Å². The lowest BCUT2D eigenvalue weighted by Crippen LogP contribution is -2.35. The fourth-order valence-electron chi connectivity index (χ4n) is 3.70. The summed E-state index contributed by atoms with van der Waals surface area (Å²) in [6, 6.07) is 6.31. The van der Waals surface area contributed by atoms with Crippen LogP contribution in [0.15, 0.2) is 40.2 Å². The molecule has 10 nitrogen and oxygen atoms in total. The van der Waals surface area contributed by atoms with Gasteiger partial charge in [-0.15, -0.1) is 0 Å². The Morgan fingerprint density at radius 2 is 2.17 bits per heavy atom. The number of piperidine rings is 1. The van der Waals surface area contributed by atoms with Gasteiger partial charge in [-0.25, -0.2) is 9.18 Å². The number of rotatable bonds is 7. The van der Waals surface area contributed by atoms with Crippen molar-refractivity contribution in [2.75, 3.05) is 42.6 Å². The molecule has 2 saturated heterocycles. The summed E-state index contributed by atoms with van der Waals surface area (Å²) in [5, 5.41) is 7.26. The number of hydrogen-bond donors (Lipinski definition) is 0. The summed E-state index contributed by atoms with van der Waals surface area (Å²) in [6.45, 7) is 2.23. The minimum absolute atomic E-state index is 0.125. The summed E-state index contributed by atoms with van der Waals surface area (Å²) in [7, 11) is 0. The van der Waals surface area contributed by atoms with E-state index in [-0.39, 0.29) is 13.2 Å². The highest BCUT2D eigenvalue weighted by molar-refractivity contribution is 5.90. The van der Waals surface area contributed by atoms with E-state index >= 15 is 0 Å². The average molecular weight is 416 g/mol. The van der Waals surface area contributed by atoms with E-state index < -0.39 is 18.0 Å². The quantitative estimate of drug-likeness (QED) is 0.385. The molecule has 2 fully saturated rings. The summed E-state index contributed by atoms with van der Waals surface area (Å²) < 4.78 is 30.2. The maximum absolute atomic E-state index is 14.8. The van der Waals surface area contributed by atoms with Crippen LogP contribution in [0.25, 0.3) is 10.4 Å². The van der Waals surface area contributed by atoms with Gasteiger partial charge in [0, 0.05) is 30.6 Å². The topological polar surface area (TPSA) is 117 Å². The first-order chi connectivity index (χ1) is 14.6. The van der Waals surface area contributed by atoms with Crippen LogP contribution in [0.5, 0.6) is 5.88 Å². The zero-order valence-corrected chi connectivity index (χ0v) is 16.2. The standard InChI is InChI=1S/C19H21FN6O4/c20-16-9-14(1-2-17(16)25-6-3-13(4-7-25)10-22-24-21)26-11-15(30-19(26)27)12-28-18-5-8-29-23-18/h1-2,5,8-9,13,15H,3-4,6-7,10-12H2/t15-/m1/s1. The Balaban J connectivity index is 1.36. The first-order valence-corrected chi connectivity index (χ1v) is 9.70. The Hall–Kier alpha value is -3.46. The Kier molecular flexibility index (Phi) is 5.89. The molecular formula is C19H21FN6O4. The highest BCUT2D eigenvalue weighted by Crippen LogP contribution is 2.30. The molecule has 0 aliphatic carbocycles. The second-order valence-corrected chi connectivity index (χ2v) is 7.24. The van der Waals surface area contributed by atoms with Crippen molar-refractivity contribution in [3.05, 3.63) is 46.8 Å². The Labute approximate surface area is 171 Å². The second-order valence-electron chi connectivity index (χ2n) is 7.24. The van der Waals surface area contributed by atoms with Crippen LogP contribution < -0.4 is 14.5 Å². The third kappa shape index (κ3) is 4.41. The number of halogens is 1. The summed E-state index contributed by atoms with van der Waals surface area (Å²) in [6.07, 6.45) is 2.02. The molecule has 0 unspecified atom stereocenters. The van der Waals surface area contributed by atoms with Crippen LogP contribution in [0, 0.1) is 11.7 Å². The van der Waals surface area contributed by atoms with E-state index in [4.69, 9.17) is 15.0 Å². The second kappa shape index (κ2) is 8.91. The molecule has 0 radical (unpaired) electrons. The molecule has 11 heteroatoms. The van der Waals surface area contributed by atoms with E-state index in [0.29, 0.717) is 42.8 Å². The summed E-state index contributed by atoms with van der Waals surface area (Å²) in [5.74, 6) is 0.245. The minimum atomic E-state index is -0.547. The summed E-state index contributed by atoms with van der Waals surface area (Å²) >= 11 is 0. The van der Waals surface area contributed by atoms with Gasteiger partial charge in [-0.3, -0.25) is 4.90 Å². The van der Waals surface area contributed by atoms with Gasteiger partial charge in [-0.1, -0.05) is 5.11 Å². The highest BCUT2D eigenvalue weighted by Gasteiger charge is 2.33. The van der Waals surface area contributed by atoms with Crippen LogP contribution >= 0.6 is 0 Å². The van der Waals surface area contributed by atoms with Crippen molar-refractivity contribution in [2.24, 2.45) is 11.0 Å². The fourth-order valence-corrected chi connectivity index (χ4v) is 3.70. The largest absolute Gasteiger partial charge is 0.471 e. The number of nitrogens with zero attached hydrogens (tertiary/aromatic N) is 6. The molecule has 0 bridgehead atoms. The Morgan fingerprint density at radius 3 is 2.87 bits per heavy atom. The predicted molar refractivity (Wildman–Crippen MR) is 105 cm³/mol. The molecule has 158 valence electrons. The smallest absolute Gasteiger partial charge is 0.414 e. The van der Waals surface area contributed by atoms with Gasteiger partial charge >= 0.3 is 6.09 Å². The number of anilines is 2. The van der Waals surface area contributed by atoms with E-state index in [1.165, 1.54) is 17.2 Å². The fraction of sp³-hybridized carbons (Fsp3) is 0.474. The molecule has 0 spiro atoms. The minimum Gasteiger partial charge on any atom is -0.471 e. The monoisotopic (exact) mass is 416 g/mol. The lowest BCUT2D eigenvalue weighted by Gasteiger charge is -2.33. The number of benzene rings is 1. The van der Waals surface area contributed by atoms with Crippen molar-refractivity contribution in [3.8, 4) is 5.88 Å². The van der Waals surface area contributed by atoms with Gasteiger partial charge in [0.1, 0.15) is 18.7 Å². The molecule has 2 aromatic rings. The van der Waals surface area contributed by atoms with E-state index in [1.54, 1.807) is 18.2 Å². The van der Waals surface area contributed by atoms with Crippen molar-refractivity contribution in [3.63, 3.8) is 0 Å². The molecule has 2 aliphatic heterocycles. The molecule has 0 saturated carbocycles. The van der Waals surface area contributed by atoms with Crippen molar-refractivity contribution in [1.82, 2.24) is 5.16 Å². The number of cyclic esters (lactones) is 1. The Morgan fingerprint density at radius 1 is 1.33 bits per heavy atom. The summed E-state index contributed by atoms with van der Waals surface area (Å²) in [5.41, 5.74) is 9.37. The van der Waals surface area contributed by atoms with Crippen molar-refractivity contribution in [2.45, 2.75) is 18.9 Å². The number of aromatic nitrogens is 1. The van der Waals surface area contributed by atoms with Crippen LogP contribution in [-0.2, 0) is 4.74 Å². The lowest BCUT2D eigenvalue weighted by molar-refractivity contribution is 0.102. The molecule has 3 heterocycles. The zero-order valence-electron chi connectivity index (χ0n) is 16.2. The molecule has 2 aliphatic rings. The molecule has 1 aromatic carbocycles. The van der Waals surface area contributed by atoms with Gasteiger partial charge in [0.05, 0.1) is 17.9 Å². The Bertz CT molecular complexity index is 925. The molecule has 0 N–H and O–H groups in total. The molecule has 30 heavy (non-hydrogen) atoms. The summed E-state index contributed by atoms with van der Waals surface area (Å²) in [4.78, 5) is 18.4. The van der Waals surface area contributed by atoms with E-state index in [1.807, 2.05) is 4.90 Å². The van der Waals surface area contributed by atoms with Crippen LogP contribution in [0.3, 0.4) is 0 Å². The van der Waals surface area contributed by atoms with Gasteiger partial charge in [-0.05, 0) is 47.6 Å². The number of hydrogen-bond acceptors (Lipinski definition) is 7. The highest BCUT2D eigenvalue weighted by atomic mass is 19.1. The van der Waals surface area contributed by atoms with Crippen molar-refractivity contribution < 1.29 is 23.2 Å². The van der Waals surface area contributed by atoms with Crippen molar-refractivity contribution in [1.29, 1.82) is 0 Å². The van der Waals surface area contributed by atoms with Gasteiger partial charge in [0.2, 0.25) is 0 Å². The predicted octanol–water partition coefficient (Wildman–Crippen LogP) is 3.74. The molecular weight excluding hydrogens is 395 g/mol. The first-order valence-electron chi connectivity index (χ1n) is 9.70. The molecule has 1 aromatic heterocycles. The van der Waals surface area contributed by atoms with Crippen LogP contribution in [-0.4, -0.2) is 50.1 Å². The number of azide groups is 1. The number of ether oxygens (including phenoxy) is 2. The lowest BCUT2D eigenvalue weighted by atomic mass is 9.96. The average Bonchev–Trinajstić information content (AvgIpc) is 3.40. The van der Waals surface area contributed by atoms with Crippen LogP contribution in [0.2, 0.25) is 0 Å². The maximum Gasteiger partial charge on any atom is 0.414 e. The maximum atomic E-state index is 14.8.